The molecule has 0 saturated heterocycles. The molecule has 2 fully saturated rings. The molecule has 1 aromatic carbocycles. The molecular formula is C16H23NO3S. The van der Waals surface area contributed by atoms with Gasteiger partial charge in [-0.2, -0.15) is 0 Å². The number of ether oxygens (including phenoxy) is 1. The molecule has 2 aliphatic carbocycles. The molecule has 0 aliphatic heterocycles. The van der Waals surface area contributed by atoms with Crippen molar-refractivity contribution in [2.24, 2.45) is 11.8 Å². The van der Waals surface area contributed by atoms with Gasteiger partial charge in [0.15, 0.2) is 0 Å². The summed E-state index contributed by atoms with van der Waals surface area (Å²) < 4.78 is 33.6. The van der Waals surface area contributed by atoms with Crippen LogP contribution in [0, 0.1) is 25.7 Å². The number of methoxy groups -OCH3 is 1. The summed E-state index contributed by atoms with van der Waals surface area (Å²) in [5.41, 5.74) is 1.65. The number of fused-ring (bicyclic) bond motifs is 2. The van der Waals surface area contributed by atoms with E-state index in [1.165, 1.54) is 19.3 Å². The lowest BCUT2D eigenvalue weighted by molar-refractivity contribution is 0.390. The molecule has 4 nitrogen and oxygen atoms in total. The van der Waals surface area contributed by atoms with Crippen molar-refractivity contribution in [2.45, 2.75) is 50.5 Å². The van der Waals surface area contributed by atoms with Crippen molar-refractivity contribution in [1.29, 1.82) is 0 Å². The summed E-state index contributed by atoms with van der Waals surface area (Å²) in [6.07, 6.45) is 4.62. The Morgan fingerprint density at radius 1 is 1.14 bits per heavy atom. The van der Waals surface area contributed by atoms with Gasteiger partial charge in [-0.3, -0.25) is 0 Å². The predicted octanol–water partition coefficient (Wildman–Crippen LogP) is 2.78. The highest BCUT2D eigenvalue weighted by Crippen LogP contribution is 2.45. The summed E-state index contributed by atoms with van der Waals surface area (Å²) in [4.78, 5) is 0.378. The van der Waals surface area contributed by atoms with E-state index in [0.717, 1.165) is 29.2 Å². The van der Waals surface area contributed by atoms with Gasteiger partial charge in [-0.25, -0.2) is 13.1 Å². The standard InChI is InChI=1S/C16H23NO3S/c1-10-11(2)16(7-6-15(10)20-3)21(18,19)17-14-9-12-4-5-13(14)8-12/h6-7,12-14,17H,4-5,8-9H2,1-3H3/t12-,13+,14+/m0/s1. The van der Waals surface area contributed by atoms with Gasteiger partial charge in [0.1, 0.15) is 5.75 Å². The fraction of sp³-hybridized carbons (Fsp3) is 0.625. The Morgan fingerprint density at radius 3 is 2.48 bits per heavy atom. The minimum absolute atomic E-state index is 0.121. The molecule has 3 rings (SSSR count). The molecular weight excluding hydrogens is 286 g/mol. The van der Waals surface area contributed by atoms with E-state index in [9.17, 15) is 8.42 Å². The summed E-state index contributed by atoms with van der Waals surface area (Å²) in [5, 5.41) is 0. The Balaban J connectivity index is 1.87. The molecule has 0 unspecified atom stereocenters. The number of benzene rings is 1. The van der Waals surface area contributed by atoms with E-state index in [1.54, 1.807) is 19.2 Å². The van der Waals surface area contributed by atoms with Crippen molar-refractivity contribution in [3.63, 3.8) is 0 Å². The van der Waals surface area contributed by atoms with Gasteiger partial charge in [-0.05, 0) is 68.2 Å². The molecule has 0 amide bonds. The van der Waals surface area contributed by atoms with Crippen LogP contribution in [0.4, 0.5) is 0 Å². The zero-order valence-corrected chi connectivity index (χ0v) is 13.7. The Bertz CT molecular complexity index is 654. The van der Waals surface area contributed by atoms with Crippen LogP contribution in [-0.4, -0.2) is 21.6 Å². The van der Waals surface area contributed by atoms with E-state index < -0.39 is 10.0 Å². The first kappa shape index (κ1) is 14.9. The summed E-state index contributed by atoms with van der Waals surface area (Å²) in [6.45, 7) is 3.73. The van der Waals surface area contributed by atoms with Crippen LogP contribution in [0.1, 0.15) is 36.8 Å². The van der Waals surface area contributed by atoms with Crippen molar-refractivity contribution in [2.75, 3.05) is 7.11 Å². The molecule has 116 valence electrons. The second kappa shape index (κ2) is 5.29. The second-order valence-electron chi connectivity index (χ2n) is 6.42. The van der Waals surface area contributed by atoms with Gasteiger partial charge in [0.2, 0.25) is 10.0 Å². The van der Waals surface area contributed by atoms with Crippen LogP contribution >= 0.6 is 0 Å². The van der Waals surface area contributed by atoms with Crippen molar-refractivity contribution in [3.05, 3.63) is 23.3 Å². The first-order valence-corrected chi connectivity index (χ1v) is 9.07. The van der Waals surface area contributed by atoms with E-state index in [2.05, 4.69) is 4.72 Å². The van der Waals surface area contributed by atoms with Crippen molar-refractivity contribution >= 4 is 10.0 Å². The quantitative estimate of drug-likeness (QED) is 0.930. The van der Waals surface area contributed by atoms with Crippen LogP contribution in [0.15, 0.2) is 17.0 Å². The van der Waals surface area contributed by atoms with Gasteiger partial charge in [-0.1, -0.05) is 6.42 Å². The highest BCUT2D eigenvalue weighted by Gasteiger charge is 2.41. The van der Waals surface area contributed by atoms with Crippen LogP contribution in [0.2, 0.25) is 0 Å². The Kier molecular flexibility index (Phi) is 3.74. The van der Waals surface area contributed by atoms with E-state index in [1.807, 2.05) is 13.8 Å². The van der Waals surface area contributed by atoms with Crippen molar-refractivity contribution in [3.8, 4) is 5.75 Å². The van der Waals surface area contributed by atoms with Gasteiger partial charge >= 0.3 is 0 Å². The Morgan fingerprint density at radius 2 is 1.90 bits per heavy atom. The molecule has 2 aliphatic rings. The summed E-state index contributed by atoms with van der Waals surface area (Å²) in [6, 6.07) is 3.50. The van der Waals surface area contributed by atoms with E-state index in [4.69, 9.17) is 4.74 Å². The summed E-state index contributed by atoms with van der Waals surface area (Å²) >= 11 is 0. The van der Waals surface area contributed by atoms with Crippen LogP contribution in [0.25, 0.3) is 0 Å². The van der Waals surface area contributed by atoms with Gasteiger partial charge in [0.25, 0.3) is 0 Å². The maximum absolute atomic E-state index is 12.7. The first-order valence-electron chi connectivity index (χ1n) is 7.59. The highest BCUT2D eigenvalue weighted by atomic mass is 32.2. The zero-order valence-electron chi connectivity index (χ0n) is 12.8. The summed E-state index contributed by atoms with van der Waals surface area (Å²) in [7, 11) is -1.85. The SMILES string of the molecule is COc1ccc(S(=O)(=O)N[C@@H]2C[C@H]3CC[C@@H]2C3)c(C)c1C. The van der Waals surface area contributed by atoms with Crippen LogP contribution in [-0.2, 0) is 10.0 Å². The third-order valence-electron chi connectivity index (χ3n) is 5.24. The molecule has 3 atom stereocenters. The smallest absolute Gasteiger partial charge is 0.241 e. The molecule has 0 heterocycles. The maximum atomic E-state index is 12.7. The molecule has 0 spiro atoms. The predicted molar refractivity (Wildman–Crippen MR) is 82.0 cm³/mol. The molecule has 21 heavy (non-hydrogen) atoms. The van der Waals surface area contributed by atoms with E-state index in [0.29, 0.717) is 10.8 Å². The Labute approximate surface area is 126 Å². The average molecular weight is 309 g/mol. The molecule has 2 bridgehead atoms. The fourth-order valence-corrected chi connectivity index (χ4v) is 5.55. The third-order valence-corrected chi connectivity index (χ3v) is 6.88. The topological polar surface area (TPSA) is 55.4 Å². The molecule has 0 aromatic heterocycles. The molecule has 1 N–H and O–H groups in total. The largest absolute Gasteiger partial charge is 0.496 e. The number of hydrogen-bond acceptors (Lipinski definition) is 3. The van der Waals surface area contributed by atoms with Crippen LogP contribution in [0.5, 0.6) is 5.75 Å². The van der Waals surface area contributed by atoms with E-state index in [-0.39, 0.29) is 6.04 Å². The monoisotopic (exact) mass is 309 g/mol. The maximum Gasteiger partial charge on any atom is 0.241 e. The summed E-state index contributed by atoms with van der Waals surface area (Å²) in [5.74, 6) is 1.98. The lowest BCUT2D eigenvalue weighted by Gasteiger charge is -2.23. The molecule has 0 radical (unpaired) electrons. The van der Waals surface area contributed by atoms with Gasteiger partial charge in [0.05, 0.1) is 12.0 Å². The normalized spacial score (nSPS) is 28.0. The molecule has 2 saturated carbocycles. The van der Waals surface area contributed by atoms with Crippen LogP contribution < -0.4 is 9.46 Å². The fourth-order valence-electron chi connectivity index (χ4n) is 3.94. The number of sulfonamides is 1. The molecule has 5 heteroatoms. The average Bonchev–Trinajstić information content (AvgIpc) is 3.03. The first-order chi connectivity index (χ1) is 9.92. The second-order valence-corrected chi connectivity index (χ2v) is 8.10. The highest BCUT2D eigenvalue weighted by molar-refractivity contribution is 7.89. The van der Waals surface area contributed by atoms with E-state index >= 15 is 0 Å². The van der Waals surface area contributed by atoms with Gasteiger partial charge in [-0.15, -0.1) is 0 Å². The van der Waals surface area contributed by atoms with Gasteiger partial charge < -0.3 is 4.74 Å². The van der Waals surface area contributed by atoms with Crippen molar-refractivity contribution in [1.82, 2.24) is 4.72 Å². The third kappa shape index (κ3) is 2.57. The minimum atomic E-state index is -3.45. The number of nitrogens with one attached hydrogen (secondary N) is 1. The van der Waals surface area contributed by atoms with Gasteiger partial charge in [0, 0.05) is 6.04 Å². The minimum Gasteiger partial charge on any atom is -0.496 e. The lowest BCUT2D eigenvalue weighted by Crippen LogP contribution is -2.38. The number of hydrogen-bond donors (Lipinski definition) is 1. The lowest BCUT2D eigenvalue weighted by atomic mass is 9.96. The number of rotatable bonds is 4. The Hall–Kier alpha value is -1.07. The zero-order chi connectivity index (χ0) is 15.2. The molecule has 1 aromatic rings. The van der Waals surface area contributed by atoms with Crippen LogP contribution in [0.3, 0.4) is 0 Å². The van der Waals surface area contributed by atoms with Crippen molar-refractivity contribution < 1.29 is 13.2 Å².